The fourth-order valence-corrected chi connectivity index (χ4v) is 1.38. The molecule has 8 nitrogen and oxygen atoms in total. The number of benzene rings is 1. The first kappa shape index (κ1) is 12.0. The van der Waals surface area contributed by atoms with Crippen LogP contribution in [0.3, 0.4) is 0 Å². The minimum absolute atomic E-state index is 0.0883. The Labute approximate surface area is 101 Å². The van der Waals surface area contributed by atoms with Crippen molar-refractivity contribution in [2.75, 3.05) is 6.61 Å². The van der Waals surface area contributed by atoms with E-state index in [1.165, 1.54) is 24.4 Å². The van der Waals surface area contributed by atoms with Gasteiger partial charge in [-0.1, -0.05) is 0 Å². The summed E-state index contributed by atoms with van der Waals surface area (Å²) in [4.78, 5) is 29.7. The van der Waals surface area contributed by atoms with Crippen LogP contribution in [0.15, 0.2) is 23.2 Å². The van der Waals surface area contributed by atoms with Crippen molar-refractivity contribution in [1.29, 1.82) is 0 Å². The molecule has 0 radical (unpaired) electrons. The average Bonchev–Trinajstić information content (AvgIpc) is 2.73. The molecule has 0 aromatic heterocycles. The minimum Gasteiger partial charge on any atom is -0.507 e. The largest absolute Gasteiger partial charge is 0.507 e. The predicted octanol–water partition coefficient (Wildman–Crippen LogP) is 0.149. The van der Waals surface area contributed by atoms with E-state index in [-0.39, 0.29) is 23.6 Å². The number of aromatic hydroxyl groups is 1. The molecular weight excluding hydrogens is 242 g/mol. The molecule has 0 unspecified atom stereocenters. The Balaban J connectivity index is 2.22. The number of amides is 1. The average molecular weight is 251 g/mol. The standard InChI is InChI=1S/C10H9N3O5/c14-9-2-1-7(13(16)17)3-6(9)4-11-8-5-18-12-10(8)15/h1-4,8,14H,5H2,(H,12,15)/t8-/m1/s1. The maximum absolute atomic E-state index is 11.1. The zero-order valence-electron chi connectivity index (χ0n) is 9.07. The lowest BCUT2D eigenvalue weighted by molar-refractivity contribution is -0.384. The van der Waals surface area contributed by atoms with Gasteiger partial charge in [0.25, 0.3) is 11.6 Å². The molecule has 1 saturated heterocycles. The lowest BCUT2D eigenvalue weighted by Crippen LogP contribution is -2.21. The first-order chi connectivity index (χ1) is 8.58. The van der Waals surface area contributed by atoms with Crippen LogP contribution >= 0.6 is 0 Å². The monoisotopic (exact) mass is 251 g/mol. The van der Waals surface area contributed by atoms with E-state index in [2.05, 4.69) is 15.3 Å². The molecule has 1 fully saturated rings. The van der Waals surface area contributed by atoms with Crippen molar-refractivity contribution in [2.45, 2.75) is 6.04 Å². The third-order valence-electron chi connectivity index (χ3n) is 2.33. The Morgan fingerprint density at radius 3 is 3.00 bits per heavy atom. The van der Waals surface area contributed by atoms with Gasteiger partial charge in [-0.2, -0.15) is 0 Å². The highest BCUT2D eigenvalue weighted by Crippen LogP contribution is 2.21. The first-order valence-corrected chi connectivity index (χ1v) is 5.00. The molecule has 0 spiro atoms. The molecular formula is C10H9N3O5. The third-order valence-corrected chi connectivity index (χ3v) is 2.33. The highest BCUT2D eigenvalue weighted by Gasteiger charge is 2.24. The van der Waals surface area contributed by atoms with E-state index >= 15 is 0 Å². The summed E-state index contributed by atoms with van der Waals surface area (Å²) in [6.07, 6.45) is 1.21. The van der Waals surface area contributed by atoms with Gasteiger partial charge in [-0.25, -0.2) is 5.48 Å². The number of nitrogens with zero attached hydrogens (tertiary/aromatic N) is 2. The molecule has 8 heteroatoms. The smallest absolute Gasteiger partial charge is 0.270 e. The number of hydroxylamine groups is 1. The summed E-state index contributed by atoms with van der Waals surface area (Å²) < 4.78 is 0. The van der Waals surface area contributed by atoms with Gasteiger partial charge in [-0.15, -0.1) is 0 Å². The number of phenolic OH excluding ortho intramolecular Hbond substituents is 1. The molecule has 18 heavy (non-hydrogen) atoms. The molecule has 0 bridgehead atoms. The van der Waals surface area contributed by atoms with Gasteiger partial charge in [0.05, 0.1) is 4.92 Å². The number of carbonyl (C=O) groups is 1. The van der Waals surface area contributed by atoms with Crippen molar-refractivity contribution in [3.05, 3.63) is 33.9 Å². The molecule has 1 amide bonds. The van der Waals surface area contributed by atoms with Crippen LogP contribution in [0.5, 0.6) is 5.75 Å². The number of non-ortho nitro benzene ring substituents is 1. The Morgan fingerprint density at radius 2 is 2.39 bits per heavy atom. The van der Waals surface area contributed by atoms with Crippen LogP contribution in [0, 0.1) is 10.1 Å². The number of aliphatic imine (C=N–C) groups is 1. The van der Waals surface area contributed by atoms with Gasteiger partial charge in [0.15, 0.2) is 6.04 Å². The van der Waals surface area contributed by atoms with E-state index in [0.29, 0.717) is 0 Å². The van der Waals surface area contributed by atoms with E-state index in [4.69, 9.17) is 0 Å². The van der Waals surface area contributed by atoms with Crippen LogP contribution in [0.25, 0.3) is 0 Å². The topological polar surface area (TPSA) is 114 Å². The van der Waals surface area contributed by atoms with Crippen molar-refractivity contribution >= 4 is 17.8 Å². The van der Waals surface area contributed by atoms with Gasteiger partial charge >= 0.3 is 0 Å². The van der Waals surface area contributed by atoms with Crippen LogP contribution in [0.1, 0.15) is 5.56 Å². The van der Waals surface area contributed by atoms with Gasteiger partial charge in [0.1, 0.15) is 12.4 Å². The molecule has 1 aromatic rings. The Hall–Kier alpha value is -2.48. The summed E-state index contributed by atoms with van der Waals surface area (Å²) in [6, 6.07) is 2.85. The summed E-state index contributed by atoms with van der Waals surface area (Å²) >= 11 is 0. The SMILES string of the molecule is O=C1NOC[C@H]1N=Cc1cc([N+](=O)[O-])ccc1O. The van der Waals surface area contributed by atoms with Crippen LogP contribution in [0.2, 0.25) is 0 Å². The third kappa shape index (κ3) is 2.43. The Kier molecular flexibility index (Phi) is 3.20. The molecule has 1 aliphatic heterocycles. The van der Waals surface area contributed by atoms with E-state index < -0.39 is 16.9 Å². The number of rotatable bonds is 3. The summed E-state index contributed by atoms with van der Waals surface area (Å²) in [5.74, 6) is -0.542. The zero-order chi connectivity index (χ0) is 13.1. The van der Waals surface area contributed by atoms with Gasteiger partial charge in [0.2, 0.25) is 0 Å². The van der Waals surface area contributed by atoms with Crippen LogP contribution in [0.4, 0.5) is 5.69 Å². The van der Waals surface area contributed by atoms with Crippen LogP contribution in [-0.4, -0.2) is 34.8 Å². The number of carbonyl (C=O) groups excluding carboxylic acids is 1. The molecule has 2 rings (SSSR count). The minimum atomic E-state index is -0.705. The second-order valence-corrected chi connectivity index (χ2v) is 3.57. The molecule has 1 aliphatic rings. The highest BCUT2D eigenvalue weighted by atomic mass is 16.7. The van der Waals surface area contributed by atoms with Crippen molar-refractivity contribution in [3.63, 3.8) is 0 Å². The molecule has 0 saturated carbocycles. The lowest BCUT2D eigenvalue weighted by Gasteiger charge is -2.00. The summed E-state index contributed by atoms with van der Waals surface area (Å²) in [5.41, 5.74) is 2.13. The number of nitro groups is 1. The lowest BCUT2D eigenvalue weighted by atomic mass is 10.2. The van der Waals surface area contributed by atoms with Crippen molar-refractivity contribution in [3.8, 4) is 5.75 Å². The molecule has 2 N–H and O–H groups in total. The van der Waals surface area contributed by atoms with Crippen molar-refractivity contribution < 1.29 is 19.7 Å². The van der Waals surface area contributed by atoms with E-state index in [0.717, 1.165) is 0 Å². The molecule has 1 aromatic carbocycles. The Morgan fingerprint density at radius 1 is 1.61 bits per heavy atom. The normalized spacial score (nSPS) is 19.1. The van der Waals surface area contributed by atoms with E-state index in [9.17, 15) is 20.0 Å². The second-order valence-electron chi connectivity index (χ2n) is 3.57. The number of phenols is 1. The van der Waals surface area contributed by atoms with Gasteiger partial charge < -0.3 is 5.11 Å². The maximum atomic E-state index is 11.1. The number of nitrogens with one attached hydrogen (secondary N) is 1. The van der Waals surface area contributed by atoms with Crippen molar-refractivity contribution in [2.24, 2.45) is 4.99 Å². The maximum Gasteiger partial charge on any atom is 0.270 e. The Bertz CT molecular complexity index is 528. The predicted molar refractivity (Wildman–Crippen MR) is 60.2 cm³/mol. The van der Waals surface area contributed by atoms with Gasteiger partial charge in [-0.3, -0.25) is 24.7 Å². The summed E-state index contributed by atoms with van der Waals surface area (Å²) in [7, 11) is 0. The fraction of sp³-hybridized carbons (Fsp3) is 0.200. The fourth-order valence-electron chi connectivity index (χ4n) is 1.38. The van der Waals surface area contributed by atoms with E-state index in [1.807, 2.05) is 0 Å². The van der Waals surface area contributed by atoms with E-state index in [1.54, 1.807) is 0 Å². The summed E-state index contributed by atoms with van der Waals surface area (Å²) in [5, 5.41) is 20.1. The number of hydrogen-bond acceptors (Lipinski definition) is 6. The quantitative estimate of drug-likeness (QED) is 0.451. The molecule has 94 valence electrons. The number of hydrogen-bond donors (Lipinski definition) is 2. The number of nitro benzene ring substituents is 1. The zero-order valence-corrected chi connectivity index (χ0v) is 9.07. The van der Waals surface area contributed by atoms with Crippen LogP contribution in [-0.2, 0) is 9.63 Å². The first-order valence-electron chi connectivity index (χ1n) is 5.00. The second kappa shape index (κ2) is 4.80. The highest BCUT2D eigenvalue weighted by molar-refractivity contribution is 5.89. The molecule has 1 atom stereocenters. The summed E-state index contributed by atoms with van der Waals surface area (Å²) in [6.45, 7) is 0.0883. The molecule has 0 aliphatic carbocycles. The van der Waals surface area contributed by atoms with Crippen molar-refractivity contribution in [1.82, 2.24) is 5.48 Å². The van der Waals surface area contributed by atoms with Crippen LogP contribution < -0.4 is 5.48 Å². The molecule has 1 heterocycles. The van der Waals surface area contributed by atoms with Gasteiger partial charge in [0, 0.05) is 23.9 Å². The van der Waals surface area contributed by atoms with Gasteiger partial charge in [-0.05, 0) is 6.07 Å².